The molecule has 0 aromatic heterocycles. The summed E-state index contributed by atoms with van der Waals surface area (Å²) < 4.78 is 18.8. The molecule has 1 fully saturated rings. The van der Waals surface area contributed by atoms with Gasteiger partial charge in [0.15, 0.2) is 0 Å². The molecule has 0 N–H and O–H groups in total. The van der Waals surface area contributed by atoms with Crippen molar-refractivity contribution in [1.29, 1.82) is 0 Å². The van der Waals surface area contributed by atoms with Crippen molar-refractivity contribution < 1.29 is 13.9 Å². The van der Waals surface area contributed by atoms with Crippen molar-refractivity contribution in [2.24, 2.45) is 5.41 Å². The highest BCUT2D eigenvalue weighted by Gasteiger charge is 2.34. The van der Waals surface area contributed by atoms with E-state index in [1.54, 1.807) is 6.92 Å². The zero-order chi connectivity index (χ0) is 11.7. The van der Waals surface area contributed by atoms with Gasteiger partial charge in [-0.05, 0) is 53.4 Å². The van der Waals surface area contributed by atoms with Gasteiger partial charge >= 0.3 is 5.97 Å². The lowest BCUT2D eigenvalue weighted by Crippen LogP contribution is -2.34. The van der Waals surface area contributed by atoms with Crippen LogP contribution in [0.1, 0.15) is 53.4 Å². The van der Waals surface area contributed by atoms with E-state index in [9.17, 15) is 9.18 Å². The molecule has 0 saturated heterocycles. The van der Waals surface area contributed by atoms with Crippen LogP contribution in [0.5, 0.6) is 0 Å². The number of carbonyl (C=O) groups is 1. The Balaban J connectivity index is 2.40. The molecule has 1 saturated carbocycles. The van der Waals surface area contributed by atoms with Gasteiger partial charge in [0, 0.05) is 0 Å². The number of halogens is 1. The van der Waals surface area contributed by atoms with Crippen LogP contribution in [0.3, 0.4) is 0 Å². The lowest BCUT2D eigenvalue weighted by atomic mass is 9.86. The number of hydrogen-bond donors (Lipinski definition) is 0. The van der Waals surface area contributed by atoms with Gasteiger partial charge in [0.05, 0.1) is 5.41 Å². The van der Waals surface area contributed by atoms with E-state index >= 15 is 0 Å². The molecule has 0 radical (unpaired) electrons. The molecule has 0 heterocycles. The van der Waals surface area contributed by atoms with Crippen molar-refractivity contribution in [3.05, 3.63) is 0 Å². The van der Waals surface area contributed by atoms with E-state index in [0.29, 0.717) is 25.7 Å². The first kappa shape index (κ1) is 12.5. The van der Waals surface area contributed by atoms with Gasteiger partial charge in [0.2, 0.25) is 0 Å². The molecule has 1 rings (SSSR count). The van der Waals surface area contributed by atoms with E-state index in [1.165, 1.54) is 0 Å². The van der Waals surface area contributed by atoms with Crippen molar-refractivity contribution in [2.45, 2.75) is 65.2 Å². The zero-order valence-corrected chi connectivity index (χ0v) is 10.1. The van der Waals surface area contributed by atoms with E-state index in [0.717, 1.165) is 0 Å². The SMILES string of the molecule is CC1(F)CCC(OC(=O)C(C)(C)C)CC1. The fourth-order valence-corrected chi connectivity index (χ4v) is 1.64. The second kappa shape index (κ2) is 4.11. The topological polar surface area (TPSA) is 26.3 Å². The maximum Gasteiger partial charge on any atom is 0.311 e. The molecular formula is C12H21FO2. The van der Waals surface area contributed by atoms with Crippen molar-refractivity contribution in [1.82, 2.24) is 0 Å². The molecule has 0 aromatic carbocycles. The van der Waals surface area contributed by atoms with Crippen LogP contribution < -0.4 is 0 Å². The highest BCUT2D eigenvalue weighted by Crippen LogP contribution is 2.33. The first-order chi connectivity index (χ1) is 6.71. The van der Waals surface area contributed by atoms with Crippen molar-refractivity contribution >= 4 is 5.97 Å². The van der Waals surface area contributed by atoms with E-state index < -0.39 is 11.1 Å². The van der Waals surface area contributed by atoms with E-state index in [-0.39, 0.29) is 12.1 Å². The Bertz CT molecular complexity index is 230. The van der Waals surface area contributed by atoms with Gasteiger partial charge in [-0.3, -0.25) is 4.79 Å². The Morgan fingerprint density at radius 3 is 2.20 bits per heavy atom. The van der Waals surface area contributed by atoms with Crippen LogP contribution in [-0.4, -0.2) is 17.7 Å². The zero-order valence-electron chi connectivity index (χ0n) is 10.1. The Morgan fingerprint density at radius 1 is 1.33 bits per heavy atom. The van der Waals surface area contributed by atoms with E-state index in [4.69, 9.17) is 4.74 Å². The lowest BCUT2D eigenvalue weighted by Gasteiger charge is -2.32. The summed E-state index contributed by atoms with van der Waals surface area (Å²) in [5, 5.41) is 0. The van der Waals surface area contributed by atoms with E-state index in [2.05, 4.69) is 0 Å². The Kier molecular flexibility index (Phi) is 3.41. The number of ether oxygens (including phenoxy) is 1. The highest BCUT2D eigenvalue weighted by atomic mass is 19.1. The highest BCUT2D eigenvalue weighted by molar-refractivity contribution is 5.75. The third-order valence-electron chi connectivity index (χ3n) is 2.86. The number of carbonyl (C=O) groups excluding carboxylic acids is 1. The molecule has 2 nitrogen and oxygen atoms in total. The second-order valence-electron chi connectivity index (χ2n) is 5.77. The normalized spacial score (nSPS) is 32.5. The summed E-state index contributed by atoms with van der Waals surface area (Å²) in [6, 6.07) is 0. The average molecular weight is 216 g/mol. The van der Waals surface area contributed by atoms with Crippen LogP contribution in [0, 0.1) is 5.41 Å². The van der Waals surface area contributed by atoms with Crippen LogP contribution in [0.2, 0.25) is 0 Å². The Morgan fingerprint density at radius 2 is 1.80 bits per heavy atom. The largest absolute Gasteiger partial charge is 0.462 e. The first-order valence-electron chi connectivity index (χ1n) is 5.61. The van der Waals surface area contributed by atoms with Gasteiger partial charge < -0.3 is 4.74 Å². The molecule has 0 amide bonds. The molecule has 3 heteroatoms. The monoisotopic (exact) mass is 216 g/mol. The molecule has 1 aliphatic carbocycles. The summed E-state index contributed by atoms with van der Waals surface area (Å²) in [5.74, 6) is -0.185. The van der Waals surface area contributed by atoms with Crippen LogP contribution >= 0.6 is 0 Å². The molecule has 15 heavy (non-hydrogen) atoms. The number of rotatable bonds is 1. The van der Waals surface area contributed by atoms with Gasteiger partial charge in [-0.25, -0.2) is 4.39 Å². The summed E-state index contributed by atoms with van der Waals surface area (Å²) in [6.07, 6.45) is 2.20. The quantitative estimate of drug-likeness (QED) is 0.629. The predicted molar refractivity (Wildman–Crippen MR) is 57.3 cm³/mol. The molecule has 88 valence electrons. The maximum absolute atomic E-state index is 13.5. The summed E-state index contributed by atoms with van der Waals surface area (Å²) >= 11 is 0. The maximum atomic E-state index is 13.5. The average Bonchev–Trinajstić information content (AvgIpc) is 2.07. The molecule has 0 unspecified atom stereocenters. The van der Waals surface area contributed by atoms with Gasteiger partial charge in [-0.2, -0.15) is 0 Å². The van der Waals surface area contributed by atoms with Crippen LogP contribution in [0.15, 0.2) is 0 Å². The van der Waals surface area contributed by atoms with Crippen LogP contribution in [0.25, 0.3) is 0 Å². The standard InChI is InChI=1S/C12H21FO2/c1-11(2,3)10(14)15-9-5-7-12(4,13)8-6-9/h9H,5-8H2,1-4H3. The molecule has 0 bridgehead atoms. The predicted octanol–water partition coefficient (Wildman–Crippen LogP) is 3.25. The molecule has 0 atom stereocenters. The third kappa shape index (κ3) is 3.80. The third-order valence-corrected chi connectivity index (χ3v) is 2.86. The minimum Gasteiger partial charge on any atom is -0.462 e. The lowest BCUT2D eigenvalue weighted by molar-refractivity contribution is -0.161. The van der Waals surface area contributed by atoms with Crippen molar-refractivity contribution in [3.8, 4) is 0 Å². The molecule has 0 aromatic rings. The van der Waals surface area contributed by atoms with Gasteiger partial charge in [-0.1, -0.05) is 0 Å². The number of hydrogen-bond acceptors (Lipinski definition) is 2. The molecule has 0 aliphatic heterocycles. The Labute approximate surface area is 91.2 Å². The summed E-state index contributed by atoms with van der Waals surface area (Å²) in [7, 11) is 0. The van der Waals surface area contributed by atoms with Gasteiger partial charge in [-0.15, -0.1) is 0 Å². The summed E-state index contributed by atoms with van der Waals surface area (Å²) in [6.45, 7) is 7.11. The van der Waals surface area contributed by atoms with Gasteiger partial charge in [0.1, 0.15) is 11.8 Å². The molecular weight excluding hydrogens is 195 g/mol. The first-order valence-corrected chi connectivity index (χ1v) is 5.61. The summed E-state index contributed by atoms with van der Waals surface area (Å²) in [5.41, 5.74) is -1.53. The fourth-order valence-electron chi connectivity index (χ4n) is 1.64. The second-order valence-corrected chi connectivity index (χ2v) is 5.77. The minimum atomic E-state index is -1.06. The number of alkyl halides is 1. The van der Waals surface area contributed by atoms with Crippen LogP contribution in [-0.2, 0) is 9.53 Å². The van der Waals surface area contributed by atoms with Crippen molar-refractivity contribution in [3.63, 3.8) is 0 Å². The number of esters is 1. The molecule has 1 aliphatic rings. The Hall–Kier alpha value is -0.600. The minimum absolute atomic E-state index is 0.0828. The fraction of sp³-hybridized carbons (Fsp3) is 0.917. The van der Waals surface area contributed by atoms with E-state index in [1.807, 2.05) is 20.8 Å². The van der Waals surface area contributed by atoms with Crippen LogP contribution in [0.4, 0.5) is 4.39 Å². The summed E-state index contributed by atoms with van der Waals surface area (Å²) in [4.78, 5) is 11.6. The van der Waals surface area contributed by atoms with Gasteiger partial charge in [0.25, 0.3) is 0 Å². The van der Waals surface area contributed by atoms with Crippen molar-refractivity contribution in [2.75, 3.05) is 0 Å². The smallest absolute Gasteiger partial charge is 0.311 e. The molecule has 0 spiro atoms.